The van der Waals surface area contributed by atoms with Gasteiger partial charge in [0.05, 0.1) is 11.5 Å². The molecule has 12 nitrogen and oxygen atoms in total. The van der Waals surface area contributed by atoms with Crippen LogP contribution in [0, 0.1) is 10.1 Å². The Kier molecular flexibility index (Phi) is 6.23. The van der Waals surface area contributed by atoms with Crippen molar-refractivity contribution in [3.05, 3.63) is 67.5 Å². The molecule has 156 valence electrons. The first-order valence-electron chi connectivity index (χ1n) is 8.14. The third kappa shape index (κ3) is 5.15. The number of nitrogens with one attached hydrogen (secondary N) is 1. The number of H-pyrrole nitrogens is 1. The van der Waals surface area contributed by atoms with Gasteiger partial charge in [0.1, 0.15) is 31.4 Å². The first kappa shape index (κ1) is 20.9. The van der Waals surface area contributed by atoms with E-state index in [4.69, 9.17) is 18.3 Å². The lowest BCUT2D eigenvalue weighted by Gasteiger charge is -2.33. The van der Waals surface area contributed by atoms with Gasteiger partial charge in [-0.1, -0.05) is 0 Å². The highest BCUT2D eigenvalue weighted by atomic mass is 31.2. The fraction of sp³-hybridized carbons (Fsp3) is 0.333. The molecule has 1 aliphatic rings. The number of ether oxygens (including phenoxy) is 1. The van der Waals surface area contributed by atoms with Crippen molar-refractivity contribution < 1.29 is 32.2 Å². The summed E-state index contributed by atoms with van der Waals surface area (Å²) in [6.45, 7) is -1.78. The minimum atomic E-state index is -4.20. The van der Waals surface area contributed by atoms with Crippen LogP contribution in [0.3, 0.4) is 0 Å². The molecule has 1 aromatic heterocycles. The second-order valence-corrected chi connectivity index (χ2v) is 7.34. The molecule has 2 aromatic rings. The van der Waals surface area contributed by atoms with Crippen molar-refractivity contribution in [3.8, 4) is 5.75 Å². The van der Waals surface area contributed by atoms with E-state index < -0.39 is 42.9 Å². The standard InChI is InChI=1S/C15H15FN3O9P/c16-7-12-13(25-9-18-6-5-14(20)17-15(18)21)8-26-29(24,28-12)27-11-3-1-10(2-4-11)19(22)23/h1-6,12-13H,7-9H2,(H,17,20,21). The van der Waals surface area contributed by atoms with Crippen LogP contribution in [0.1, 0.15) is 0 Å². The van der Waals surface area contributed by atoms with Crippen LogP contribution in [-0.2, 0) is 25.1 Å². The largest absolute Gasteiger partial charge is 0.530 e. The molecule has 1 aliphatic heterocycles. The summed E-state index contributed by atoms with van der Waals surface area (Å²) in [5, 5.41) is 10.7. The highest BCUT2D eigenvalue weighted by molar-refractivity contribution is 7.49. The molecule has 0 saturated carbocycles. The average molecular weight is 431 g/mol. The number of phosphoric acid groups is 1. The minimum Gasteiger partial charge on any atom is -0.404 e. The first-order chi connectivity index (χ1) is 13.8. The lowest BCUT2D eigenvalue weighted by molar-refractivity contribution is -0.384. The summed E-state index contributed by atoms with van der Waals surface area (Å²) in [5.41, 5.74) is -1.51. The van der Waals surface area contributed by atoms with Gasteiger partial charge < -0.3 is 9.26 Å². The number of aromatic amines is 1. The van der Waals surface area contributed by atoms with Crippen molar-refractivity contribution >= 4 is 13.5 Å². The van der Waals surface area contributed by atoms with E-state index in [9.17, 15) is 28.7 Å². The Morgan fingerprint density at radius 3 is 2.66 bits per heavy atom. The molecule has 1 aromatic carbocycles. The van der Waals surface area contributed by atoms with Crippen LogP contribution in [0.25, 0.3) is 0 Å². The summed E-state index contributed by atoms with van der Waals surface area (Å²) < 4.78 is 47.7. The Labute approximate surface area is 161 Å². The molecule has 0 radical (unpaired) electrons. The molecule has 29 heavy (non-hydrogen) atoms. The van der Waals surface area contributed by atoms with Gasteiger partial charge in [-0.25, -0.2) is 13.8 Å². The average Bonchev–Trinajstić information content (AvgIpc) is 2.68. The van der Waals surface area contributed by atoms with Crippen molar-refractivity contribution in [3.63, 3.8) is 0 Å². The van der Waals surface area contributed by atoms with E-state index in [1.807, 2.05) is 4.98 Å². The summed E-state index contributed by atoms with van der Waals surface area (Å²) in [4.78, 5) is 34.7. The third-order valence-corrected chi connectivity index (χ3v) is 5.25. The van der Waals surface area contributed by atoms with Gasteiger partial charge in [0.25, 0.3) is 11.2 Å². The molecule has 0 aliphatic carbocycles. The molecule has 1 N–H and O–H groups in total. The second-order valence-electron chi connectivity index (χ2n) is 5.80. The van der Waals surface area contributed by atoms with Crippen molar-refractivity contribution in [1.82, 2.24) is 9.55 Å². The third-order valence-electron chi connectivity index (χ3n) is 3.82. The van der Waals surface area contributed by atoms with Crippen LogP contribution in [0.5, 0.6) is 5.75 Å². The van der Waals surface area contributed by atoms with E-state index in [2.05, 4.69) is 0 Å². The summed E-state index contributed by atoms with van der Waals surface area (Å²) in [7, 11) is -4.20. The molecular formula is C15H15FN3O9P. The van der Waals surface area contributed by atoms with Gasteiger partial charge in [-0.05, 0) is 12.1 Å². The molecule has 0 amide bonds. The highest BCUT2D eigenvalue weighted by Gasteiger charge is 2.43. The van der Waals surface area contributed by atoms with Gasteiger partial charge in [-0.15, -0.1) is 0 Å². The van der Waals surface area contributed by atoms with E-state index in [1.165, 1.54) is 18.3 Å². The number of non-ortho nitro benzene ring substituents is 1. The predicted octanol–water partition coefficient (Wildman–Crippen LogP) is 1.36. The van der Waals surface area contributed by atoms with Gasteiger partial charge in [-0.2, -0.15) is 0 Å². The van der Waals surface area contributed by atoms with Crippen molar-refractivity contribution in [2.45, 2.75) is 18.9 Å². The van der Waals surface area contributed by atoms with Crippen LogP contribution in [0.2, 0.25) is 0 Å². The zero-order chi connectivity index (χ0) is 21.0. The van der Waals surface area contributed by atoms with Crippen LogP contribution in [0.4, 0.5) is 10.1 Å². The molecule has 3 rings (SSSR count). The van der Waals surface area contributed by atoms with E-state index in [-0.39, 0.29) is 24.8 Å². The van der Waals surface area contributed by atoms with Crippen LogP contribution in [0.15, 0.2) is 46.1 Å². The lowest BCUT2D eigenvalue weighted by atomic mass is 10.2. The molecule has 1 fully saturated rings. The number of nitro benzene ring substituents is 1. The molecule has 2 heterocycles. The second kappa shape index (κ2) is 8.66. The molecule has 3 unspecified atom stereocenters. The number of rotatable bonds is 7. The highest BCUT2D eigenvalue weighted by Crippen LogP contribution is 2.53. The summed E-state index contributed by atoms with van der Waals surface area (Å²) >= 11 is 0. The Morgan fingerprint density at radius 1 is 1.31 bits per heavy atom. The van der Waals surface area contributed by atoms with Crippen molar-refractivity contribution in [1.29, 1.82) is 0 Å². The van der Waals surface area contributed by atoms with E-state index in [0.29, 0.717) is 0 Å². The van der Waals surface area contributed by atoms with Crippen LogP contribution < -0.4 is 15.8 Å². The molecule has 3 atom stereocenters. The van der Waals surface area contributed by atoms with Crippen LogP contribution >= 0.6 is 7.82 Å². The van der Waals surface area contributed by atoms with E-state index in [1.54, 1.807) is 0 Å². The van der Waals surface area contributed by atoms with E-state index >= 15 is 0 Å². The van der Waals surface area contributed by atoms with Crippen molar-refractivity contribution in [2.24, 2.45) is 0 Å². The Hall–Kier alpha value is -2.86. The maximum atomic E-state index is 13.4. The van der Waals surface area contributed by atoms with Gasteiger partial charge in [-0.3, -0.25) is 33.5 Å². The topological polar surface area (TPSA) is 152 Å². The number of nitrogens with zero attached hydrogens (tertiary/aromatic N) is 2. The molecule has 0 spiro atoms. The fourth-order valence-corrected chi connectivity index (χ4v) is 3.74. The van der Waals surface area contributed by atoms with Gasteiger partial charge in [0.2, 0.25) is 0 Å². The summed E-state index contributed by atoms with van der Waals surface area (Å²) in [6.07, 6.45) is -1.13. The van der Waals surface area contributed by atoms with Gasteiger partial charge in [0.15, 0.2) is 0 Å². The number of benzene rings is 1. The monoisotopic (exact) mass is 431 g/mol. The van der Waals surface area contributed by atoms with E-state index in [0.717, 1.165) is 22.8 Å². The molecule has 14 heteroatoms. The predicted molar refractivity (Wildman–Crippen MR) is 94.3 cm³/mol. The summed E-state index contributed by atoms with van der Waals surface area (Å²) in [6, 6.07) is 5.76. The number of hydrogen-bond acceptors (Lipinski definition) is 9. The minimum absolute atomic E-state index is 0.0318. The van der Waals surface area contributed by atoms with Gasteiger partial charge >= 0.3 is 13.5 Å². The maximum Gasteiger partial charge on any atom is 0.530 e. The SMILES string of the molecule is O=c1ccn(COC2COP(=O)(Oc3ccc([N+](=O)[O-])cc3)OC2CF)c(=O)[nH]1. The smallest absolute Gasteiger partial charge is 0.404 e. The van der Waals surface area contributed by atoms with Crippen molar-refractivity contribution in [2.75, 3.05) is 13.3 Å². The maximum absolute atomic E-state index is 13.4. The Morgan fingerprint density at radius 2 is 2.03 bits per heavy atom. The molecule has 0 bridgehead atoms. The number of nitro groups is 1. The lowest BCUT2D eigenvalue weighted by Crippen LogP contribution is -2.42. The summed E-state index contributed by atoms with van der Waals surface area (Å²) in [5.74, 6) is -0.0318. The van der Waals surface area contributed by atoms with Crippen LogP contribution in [-0.4, -0.2) is 40.0 Å². The zero-order valence-electron chi connectivity index (χ0n) is 14.6. The van der Waals surface area contributed by atoms with Gasteiger partial charge in [0, 0.05) is 24.4 Å². The Bertz CT molecular complexity index is 1040. The number of alkyl halides is 1. The number of aromatic nitrogens is 2. The quantitative estimate of drug-likeness (QED) is 0.389. The first-order valence-corrected chi connectivity index (χ1v) is 9.60. The molecule has 1 saturated heterocycles. The fourth-order valence-electron chi connectivity index (χ4n) is 2.35. The zero-order valence-corrected chi connectivity index (χ0v) is 15.5. The number of halogens is 1. The number of hydrogen-bond donors (Lipinski definition) is 1. The Balaban J connectivity index is 1.63. The normalized spacial score (nSPS) is 24.2. The molecular weight excluding hydrogens is 416 g/mol. The number of phosphoric ester groups is 1.